The van der Waals surface area contributed by atoms with E-state index in [9.17, 15) is 4.79 Å². The van der Waals surface area contributed by atoms with E-state index in [4.69, 9.17) is 0 Å². The van der Waals surface area contributed by atoms with Gasteiger partial charge in [0.2, 0.25) is 0 Å². The lowest BCUT2D eigenvalue weighted by Gasteiger charge is -1.99. The molecule has 0 atom stereocenters. The van der Waals surface area contributed by atoms with Gasteiger partial charge in [-0.3, -0.25) is 4.79 Å². The largest absolute Gasteiger partial charge is 0.341 e. The lowest BCUT2D eigenvalue weighted by atomic mass is 10.2. The number of carbonyl (C=O) groups excluding carboxylic acids is 1. The third-order valence-electron chi connectivity index (χ3n) is 2.15. The third-order valence-corrected chi connectivity index (χ3v) is 2.15. The van der Waals surface area contributed by atoms with Crippen LogP contribution < -0.4 is 5.32 Å². The fourth-order valence-corrected chi connectivity index (χ4v) is 1.23. The maximum atomic E-state index is 11.6. The summed E-state index contributed by atoms with van der Waals surface area (Å²) in [6.07, 6.45) is 3.20. The van der Waals surface area contributed by atoms with Crippen molar-refractivity contribution in [2.24, 2.45) is 0 Å². The van der Waals surface area contributed by atoms with Crippen molar-refractivity contribution >= 4 is 5.91 Å². The van der Waals surface area contributed by atoms with Gasteiger partial charge >= 0.3 is 0 Å². The monoisotopic (exact) mass is 215 g/mol. The molecule has 0 unspecified atom stereocenters. The van der Waals surface area contributed by atoms with Gasteiger partial charge in [-0.1, -0.05) is 37.5 Å². The van der Waals surface area contributed by atoms with Gasteiger partial charge in [-0.2, -0.15) is 0 Å². The van der Waals surface area contributed by atoms with Crippen molar-refractivity contribution in [3.05, 3.63) is 35.9 Å². The molecule has 1 aromatic rings. The number of unbranched alkanes of at least 4 members (excludes halogenated alkanes) is 2. The van der Waals surface area contributed by atoms with Crippen LogP contribution in [-0.2, 0) is 0 Å². The summed E-state index contributed by atoms with van der Waals surface area (Å²) in [7, 11) is 0. The number of carbonyl (C=O) groups is 1. The zero-order chi connectivity index (χ0) is 11.6. The van der Waals surface area contributed by atoms with E-state index in [1.807, 2.05) is 18.2 Å². The van der Waals surface area contributed by atoms with Crippen LogP contribution in [0.25, 0.3) is 0 Å². The summed E-state index contributed by atoms with van der Waals surface area (Å²) in [5.74, 6) is 5.90. The summed E-state index contributed by atoms with van der Waals surface area (Å²) >= 11 is 0. The fraction of sp³-hybridized carbons (Fsp3) is 0.357. The minimum atomic E-state index is -0.0645. The molecule has 0 bridgehead atoms. The van der Waals surface area contributed by atoms with Crippen molar-refractivity contribution < 1.29 is 4.79 Å². The standard InChI is InChI=1S/C14H17NO/c1-2-3-4-5-9-12-15-14(16)13-10-7-6-8-11-13/h6-8,10-11H,2-4,12H2,1H3,(H,15,16). The number of nitrogens with one attached hydrogen (secondary N) is 1. The summed E-state index contributed by atoms with van der Waals surface area (Å²) in [4.78, 5) is 11.6. The predicted octanol–water partition coefficient (Wildman–Crippen LogP) is 2.61. The quantitative estimate of drug-likeness (QED) is 0.607. The van der Waals surface area contributed by atoms with Crippen LogP contribution in [0.15, 0.2) is 30.3 Å². The molecule has 1 rings (SSSR count). The summed E-state index contributed by atoms with van der Waals surface area (Å²) in [5, 5.41) is 2.76. The van der Waals surface area contributed by atoms with Crippen LogP contribution in [0.3, 0.4) is 0 Å². The van der Waals surface area contributed by atoms with Crippen LogP contribution in [0.2, 0.25) is 0 Å². The van der Waals surface area contributed by atoms with E-state index in [0.717, 1.165) is 19.3 Å². The van der Waals surface area contributed by atoms with E-state index in [0.29, 0.717) is 12.1 Å². The first-order valence-corrected chi connectivity index (χ1v) is 5.63. The molecule has 2 nitrogen and oxygen atoms in total. The van der Waals surface area contributed by atoms with Gasteiger partial charge in [0, 0.05) is 12.0 Å². The topological polar surface area (TPSA) is 29.1 Å². The first-order chi connectivity index (χ1) is 7.84. The molecule has 0 aliphatic carbocycles. The van der Waals surface area contributed by atoms with E-state index < -0.39 is 0 Å². The van der Waals surface area contributed by atoms with E-state index in [2.05, 4.69) is 24.1 Å². The molecule has 2 heteroatoms. The van der Waals surface area contributed by atoms with Crippen LogP contribution >= 0.6 is 0 Å². The van der Waals surface area contributed by atoms with Crippen molar-refractivity contribution in [3.8, 4) is 11.8 Å². The molecule has 0 fully saturated rings. The van der Waals surface area contributed by atoms with Crippen LogP contribution in [0.4, 0.5) is 0 Å². The fourth-order valence-electron chi connectivity index (χ4n) is 1.23. The highest BCUT2D eigenvalue weighted by Crippen LogP contribution is 1.97. The predicted molar refractivity (Wildman–Crippen MR) is 66.1 cm³/mol. The Bertz CT molecular complexity index is 373. The minimum absolute atomic E-state index is 0.0645. The molecule has 1 N–H and O–H groups in total. The highest BCUT2D eigenvalue weighted by atomic mass is 16.1. The van der Waals surface area contributed by atoms with Crippen molar-refractivity contribution in [2.75, 3.05) is 6.54 Å². The van der Waals surface area contributed by atoms with Gasteiger partial charge in [-0.05, 0) is 18.6 Å². The van der Waals surface area contributed by atoms with Gasteiger partial charge in [0.1, 0.15) is 0 Å². The van der Waals surface area contributed by atoms with Crippen molar-refractivity contribution in [2.45, 2.75) is 26.2 Å². The Labute approximate surface area is 97.1 Å². The van der Waals surface area contributed by atoms with E-state index >= 15 is 0 Å². The summed E-state index contributed by atoms with van der Waals surface area (Å²) < 4.78 is 0. The lowest BCUT2D eigenvalue weighted by molar-refractivity contribution is 0.0958. The molecular weight excluding hydrogens is 198 g/mol. The molecule has 0 aliphatic heterocycles. The van der Waals surface area contributed by atoms with Crippen LogP contribution in [-0.4, -0.2) is 12.5 Å². The molecule has 0 saturated carbocycles. The Morgan fingerprint density at radius 1 is 1.25 bits per heavy atom. The second-order valence-corrected chi connectivity index (χ2v) is 3.51. The number of rotatable bonds is 4. The first-order valence-electron chi connectivity index (χ1n) is 5.63. The molecule has 1 aromatic carbocycles. The number of benzene rings is 1. The van der Waals surface area contributed by atoms with Crippen LogP contribution in [0.1, 0.15) is 36.5 Å². The van der Waals surface area contributed by atoms with E-state index in [1.54, 1.807) is 12.1 Å². The van der Waals surface area contributed by atoms with E-state index in [1.165, 1.54) is 0 Å². The average molecular weight is 215 g/mol. The zero-order valence-corrected chi connectivity index (χ0v) is 9.62. The summed E-state index contributed by atoms with van der Waals surface area (Å²) in [6.45, 7) is 2.57. The smallest absolute Gasteiger partial charge is 0.252 e. The van der Waals surface area contributed by atoms with Gasteiger partial charge < -0.3 is 5.32 Å². The molecule has 0 heterocycles. The second-order valence-electron chi connectivity index (χ2n) is 3.51. The van der Waals surface area contributed by atoms with Gasteiger partial charge in [0.05, 0.1) is 6.54 Å². The Hall–Kier alpha value is -1.75. The average Bonchev–Trinajstić information content (AvgIpc) is 2.34. The zero-order valence-electron chi connectivity index (χ0n) is 9.62. The molecule has 84 valence electrons. The molecule has 16 heavy (non-hydrogen) atoms. The second kappa shape index (κ2) is 7.53. The molecule has 0 aliphatic rings. The van der Waals surface area contributed by atoms with Crippen LogP contribution in [0, 0.1) is 11.8 Å². The number of hydrogen-bond donors (Lipinski definition) is 1. The highest BCUT2D eigenvalue weighted by molar-refractivity contribution is 5.94. The third kappa shape index (κ3) is 4.65. The van der Waals surface area contributed by atoms with E-state index in [-0.39, 0.29) is 5.91 Å². The lowest BCUT2D eigenvalue weighted by Crippen LogP contribution is -2.23. The number of hydrogen-bond acceptors (Lipinski definition) is 1. The normalized spacial score (nSPS) is 9.06. The summed E-state index contributed by atoms with van der Waals surface area (Å²) in [5.41, 5.74) is 0.679. The van der Waals surface area contributed by atoms with Gasteiger partial charge in [0.15, 0.2) is 0 Å². The maximum absolute atomic E-state index is 11.6. The van der Waals surface area contributed by atoms with Gasteiger partial charge in [-0.25, -0.2) is 0 Å². The van der Waals surface area contributed by atoms with Crippen LogP contribution in [0.5, 0.6) is 0 Å². The Morgan fingerprint density at radius 2 is 2.00 bits per heavy atom. The molecule has 1 amide bonds. The Morgan fingerprint density at radius 3 is 2.69 bits per heavy atom. The molecule has 0 radical (unpaired) electrons. The molecule has 0 aromatic heterocycles. The Kier molecular flexibility index (Phi) is 5.80. The minimum Gasteiger partial charge on any atom is -0.341 e. The van der Waals surface area contributed by atoms with Crippen molar-refractivity contribution in [3.63, 3.8) is 0 Å². The maximum Gasteiger partial charge on any atom is 0.252 e. The molecular formula is C14H17NO. The van der Waals surface area contributed by atoms with Gasteiger partial charge in [-0.15, -0.1) is 5.92 Å². The Balaban J connectivity index is 2.28. The number of amides is 1. The van der Waals surface area contributed by atoms with Crippen molar-refractivity contribution in [1.82, 2.24) is 5.32 Å². The highest BCUT2D eigenvalue weighted by Gasteiger charge is 2.00. The SMILES string of the molecule is CCCCC#CCNC(=O)c1ccccc1. The first kappa shape index (κ1) is 12.3. The molecule has 0 saturated heterocycles. The van der Waals surface area contributed by atoms with Gasteiger partial charge in [0.25, 0.3) is 5.91 Å². The molecule has 0 spiro atoms. The summed E-state index contributed by atoms with van der Waals surface area (Å²) in [6, 6.07) is 9.17. The van der Waals surface area contributed by atoms with Crippen molar-refractivity contribution in [1.29, 1.82) is 0 Å².